The second kappa shape index (κ2) is 9.57. The number of carbonyl (C=O) groups excluding carboxylic acids is 2. The van der Waals surface area contributed by atoms with Gasteiger partial charge in [0.05, 0.1) is 13.1 Å². The number of hydrogen-bond donors (Lipinski definition) is 2. The number of nitrogens with zero attached hydrogens (tertiary/aromatic N) is 3. The van der Waals surface area contributed by atoms with Crippen LogP contribution in [-0.4, -0.2) is 33.9 Å². The smallest absolute Gasteiger partial charge is 0.332 e. The van der Waals surface area contributed by atoms with E-state index in [1.165, 1.54) is 24.3 Å². The van der Waals surface area contributed by atoms with Gasteiger partial charge in [-0.3, -0.25) is 23.5 Å². The number of ketones is 1. The molecular formula is C25H26FN5O4. The molecule has 3 aromatic rings. The van der Waals surface area contributed by atoms with Crippen molar-refractivity contribution in [3.63, 3.8) is 0 Å². The predicted molar refractivity (Wildman–Crippen MR) is 130 cm³/mol. The fourth-order valence-electron chi connectivity index (χ4n) is 4.53. The Hall–Kier alpha value is -4.21. The molecule has 35 heavy (non-hydrogen) atoms. The van der Waals surface area contributed by atoms with Crippen molar-refractivity contribution >= 4 is 23.2 Å². The number of amides is 1. The number of nitrogen functional groups attached to an aromatic ring is 1. The van der Waals surface area contributed by atoms with Gasteiger partial charge in [0.2, 0.25) is 5.91 Å². The number of carbonyl (C=O) groups is 2. The van der Waals surface area contributed by atoms with Gasteiger partial charge in [-0.25, -0.2) is 9.18 Å². The fraction of sp³-hybridized carbons (Fsp3) is 0.280. The topological polar surface area (TPSA) is 133 Å². The fourth-order valence-corrected chi connectivity index (χ4v) is 4.53. The third-order valence-corrected chi connectivity index (χ3v) is 6.26. The van der Waals surface area contributed by atoms with E-state index in [0.717, 1.165) is 14.7 Å². The molecule has 0 radical (unpaired) electrons. The molecule has 0 aliphatic carbocycles. The highest BCUT2D eigenvalue weighted by Crippen LogP contribution is 2.30. The maximum absolute atomic E-state index is 13.4. The van der Waals surface area contributed by atoms with Crippen molar-refractivity contribution in [1.82, 2.24) is 9.13 Å². The van der Waals surface area contributed by atoms with E-state index in [2.05, 4.69) is 0 Å². The quantitative estimate of drug-likeness (QED) is 0.494. The third-order valence-electron chi connectivity index (χ3n) is 6.26. The lowest BCUT2D eigenvalue weighted by atomic mass is 9.95. The summed E-state index contributed by atoms with van der Waals surface area (Å²) in [6.45, 7) is 2.03. The van der Waals surface area contributed by atoms with E-state index >= 15 is 0 Å². The number of Topliss-reactive ketones (excluding diaryl/α,β-unsaturated/α-hetero) is 1. The summed E-state index contributed by atoms with van der Waals surface area (Å²) < 4.78 is 15.4. The summed E-state index contributed by atoms with van der Waals surface area (Å²) in [6.07, 6.45) is 1.34. The van der Waals surface area contributed by atoms with Crippen molar-refractivity contribution in [2.75, 3.05) is 23.7 Å². The average molecular weight is 480 g/mol. The average Bonchev–Trinajstić information content (AvgIpc) is 2.83. The molecule has 1 aliphatic rings. The highest BCUT2D eigenvalue weighted by atomic mass is 19.1. The van der Waals surface area contributed by atoms with Crippen LogP contribution < -0.4 is 27.6 Å². The Morgan fingerprint density at radius 2 is 1.77 bits per heavy atom. The Kier molecular flexibility index (Phi) is 6.54. The second-order valence-corrected chi connectivity index (χ2v) is 8.42. The van der Waals surface area contributed by atoms with Crippen molar-refractivity contribution in [3.8, 4) is 0 Å². The van der Waals surface area contributed by atoms with Gasteiger partial charge in [0, 0.05) is 24.3 Å². The van der Waals surface area contributed by atoms with E-state index in [4.69, 9.17) is 11.5 Å². The van der Waals surface area contributed by atoms with Crippen LogP contribution in [0.1, 0.15) is 45.2 Å². The minimum absolute atomic E-state index is 0.0278. The van der Waals surface area contributed by atoms with Gasteiger partial charge >= 0.3 is 5.69 Å². The van der Waals surface area contributed by atoms with E-state index in [9.17, 15) is 23.6 Å². The Morgan fingerprint density at radius 1 is 1.06 bits per heavy atom. The molecule has 2 heterocycles. The van der Waals surface area contributed by atoms with Gasteiger partial charge in [-0.1, -0.05) is 18.2 Å². The first-order valence-corrected chi connectivity index (χ1v) is 11.3. The van der Waals surface area contributed by atoms with Crippen LogP contribution in [0.15, 0.2) is 52.1 Å². The number of primary amides is 1. The highest BCUT2D eigenvalue weighted by Gasteiger charge is 2.27. The molecule has 0 saturated carbocycles. The predicted octanol–water partition coefficient (Wildman–Crippen LogP) is 1.53. The van der Waals surface area contributed by atoms with Gasteiger partial charge in [0.25, 0.3) is 5.56 Å². The van der Waals surface area contributed by atoms with Crippen molar-refractivity contribution in [3.05, 3.63) is 91.4 Å². The Bertz CT molecular complexity index is 1430. The lowest BCUT2D eigenvalue weighted by molar-refractivity contribution is 0.0991. The summed E-state index contributed by atoms with van der Waals surface area (Å²) in [6, 6.07) is 10.7. The zero-order valence-corrected chi connectivity index (χ0v) is 19.3. The minimum atomic E-state index is -0.751. The van der Waals surface area contributed by atoms with Gasteiger partial charge < -0.3 is 16.4 Å². The monoisotopic (exact) mass is 479 g/mol. The molecule has 0 spiro atoms. The lowest BCUT2D eigenvalue weighted by Gasteiger charge is -2.31. The van der Waals surface area contributed by atoms with Crippen LogP contribution in [0.3, 0.4) is 0 Å². The van der Waals surface area contributed by atoms with E-state index in [-0.39, 0.29) is 31.0 Å². The highest BCUT2D eigenvalue weighted by molar-refractivity contribution is 6.03. The summed E-state index contributed by atoms with van der Waals surface area (Å²) in [4.78, 5) is 53.1. The number of nitrogens with two attached hydrogens (primary N) is 2. The van der Waals surface area contributed by atoms with E-state index < -0.39 is 28.8 Å². The van der Waals surface area contributed by atoms with Gasteiger partial charge in [0.15, 0.2) is 5.78 Å². The van der Waals surface area contributed by atoms with Gasteiger partial charge in [-0.15, -0.1) is 0 Å². The molecule has 2 aromatic carbocycles. The van der Waals surface area contributed by atoms with Gasteiger partial charge in [-0.2, -0.15) is 0 Å². The standard InChI is InChI=1S/C25H26FN5O4/c1-2-30-24(34)21(22(27)31(25(30)35)13-15-8-10-16(26)11-9-15)20(32)14-29-12-4-6-17-18(23(28)33)5-3-7-19(17)29/h3,5,7-11H,2,4,6,12-14,27H2,1H3,(H2,28,33). The summed E-state index contributed by atoms with van der Waals surface area (Å²) in [7, 11) is 0. The Balaban J connectivity index is 1.74. The number of benzene rings is 2. The van der Waals surface area contributed by atoms with Crippen LogP contribution in [0, 0.1) is 5.82 Å². The number of anilines is 2. The maximum Gasteiger partial charge on any atom is 0.332 e. The van der Waals surface area contributed by atoms with Crippen LogP contribution in [0.5, 0.6) is 0 Å². The molecule has 10 heteroatoms. The molecule has 0 unspecified atom stereocenters. The largest absolute Gasteiger partial charge is 0.384 e. The molecule has 0 atom stereocenters. The van der Waals surface area contributed by atoms with Gasteiger partial charge in [0.1, 0.15) is 17.2 Å². The molecule has 9 nitrogen and oxygen atoms in total. The summed E-state index contributed by atoms with van der Waals surface area (Å²) in [5.74, 6) is -1.75. The van der Waals surface area contributed by atoms with Crippen molar-refractivity contribution in [2.24, 2.45) is 5.73 Å². The summed E-state index contributed by atoms with van der Waals surface area (Å²) in [5, 5.41) is 0. The Morgan fingerprint density at radius 3 is 2.43 bits per heavy atom. The first kappa shape index (κ1) is 23.9. The molecule has 0 fully saturated rings. The Labute approximate surface area is 200 Å². The molecule has 1 amide bonds. The SMILES string of the molecule is CCn1c(=O)c(C(=O)CN2CCCc3c(C(N)=O)cccc32)c(N)n(Cc2ccc(F)cc2)c1=O. The zero-order valence-electron chi connectivity index (χ0n) is 19.3. The zero-order chi connectivity index (χ0) is 25.3. The molecular weight excluding hydrogens is 453 g/mol. The maximum atomic E-state index is 13.4. The summed E-state index contributed by atoms with van der Waals surface area (Å²) in [5.41, 5.74) is 12.5. The molecule has 0 bridgehead atoms. The molecule has 4 rings (SSSR count). The van der Waals surface area contributed by atoms with Crippen LogP contribution in [0.4, 0.5) is 15.9 Å². The molecule has 182 valence electrons. The number of halogens is 1. The second-order valence-electron chi connectivity index (χ2n) is 8.42. The van der Waals surface area contributed by atoms with E-state index in [1.54, 1.807) is 30.0 Å². The van der Waals surface area contributed by atoms with Crippen LogP contribution in [0.25, 0.3) is 0 Å². The molecule has 1 aromatic heterocycles. The number of aromatic nitrogens is 2. The lowest BCUT2D eigenvalue weighted by Crippen LogP contribution is -2.45. The van der Waals surface area contributed by atoms with E-state index in [0.29, 0.717) is 36.2 Å². The molecule has 4 N–H and O–H groups in total. The van der Waals surface area contributed by atoms with Crippen LogP contribution >= 0.6 is 0 Å². The number of hydrogen-bond acceptors (Lipinski definition) is 6. The van der Waals surface area contributed by atoms with Crippen LogP contribution in [-0.2, 0) is 19.5 Å². The number of fused-ring (bicyclic) bond motifs is 1. The number of rotatable bonds is 7. The third kappa shape index (κ3) is 4.46. The van der Waals surface area contributed by atoms with Gasteiger partial charge in [-0.05, 0) is 55.2 Å². The van der Waals surface area contributed by atoms with Crippen LogP contribution in [0.2, 0.25) is 0 Å². The first-order chi connectivity index (χ1) is 16.7. The van der Waals surface area contributed by atoms with Crippen molar-refractivity contribution < 1.29 is 14.0 Å². The normalized spacial score (nSPS) is 12.9. The molecule has 0 saturated heterocycles. The minimum Gasteiger partial charge on any atom is -0.384 e. The molecule has 1 aliphatic heterocycles. The van der Waals surface area contributed by atoms with Crippen molar-refractivity contribution in [1.29, 1.82) is 0 Å². The van der Waals surface area contributed by atoms with E-state index in [1.807, 2.05) is 0 Å². The summed E-state index contributed by atoms with van der Waals surface area (Å²) >= 11 is 0. The first-order valence-electron chi connectivity index (χ1n) is 11.3. The van der Waals surface area contributed by atoms with Crippen molar-refractivity contribution in [2.45, 2.75) is 32.9 Å².